The maximum Gasteiger partial charge on any atom is 0.437 e. The fourth-order valence-corrected chi connectivity index (χ4v) is 3.00. The van der Waals surface area contributed by atoms with Gasteiger partial charge in [0, 0.05) is 11.9 Å². The minimum absolute atomic E-state index is 0.0363. The zero-order chi connectivity index (χ0) is 24.6. The van der Waals surface area contributed by atoms with Crippen LogP contribution in [0.5, 0.6) is 11.5 Å². The molecule has 1 aromatic heterocycles. The van der Waals surface area contributed by atoms with E-state index >= 15 is 0 Å². The normalized spacial score (nSPS) is 16.4. The highest BCUT2D eigenvalue weighted by Crippen LogP contribution is 2.35. The highest BCUT2D eigenvalue weighted by atomic mass is 35.5. The third-order valence-electron chi connectivity index (χ3n) is 4.27. The topological polar surface area (TPSA) is 110 Å². The van der Waals surface area contributed by atoms with Crippen molar-refractivity contribution in [2.75, 3.05) is 0 Å². The summed E-state index contributed by atoms with van der Waals surface area (Å²) in [5.41, 5.74) is -3.30. The predicted molar refractivity (Wildman–Crippen MR) is 102 cm³/mol. The number of aromatic nitrogens is 2. The molecule has 2 aromatic rings. The first-order valence-electron chi connectivity index (χ1n) is 8.89. The third kappa shape index (κ3) is 5.40. The Labute approximate surface area is 186 Å². The molecule has 33 heavy (non-hydrogen) atoms. The largest absolute Gasteiger partial charge is 0.449 e. The highest BCUT2D eigenvalue weighted by molar-refractivity contribution is 6.30. The van der Waals surface area contributed by atoms with Crippen LogP contribution in [0.3, 0.4) is 0 Å². The van der Waals surface area contributed by atoms with Crippen LogP contribution >= 0.6 is 11.6 Å². The molecule has 172 valence electrons. The molecule has 0 bridgehead atoms. The van der Waals surface area contributed by atoms with Crippen molar-refractivity contribution < 1.29 is 31.5 Å². The Morgan fingerprint density at radius 1 is 1.18 bits per heavy atom. The van der Waals surface area contributed by atoms with Gasteiger partial charge in [0.2, 0.25) is 5.75 Å². The molecule has 8 nitrogen and oxygen atoms in total. The van der Waals surface area contributed by atoms with Crippen LogP contribution in [0.25, 0.3) is 0 Å². The lowest BCUT2D eigenvalue weighted by atomic mass is 10.00. The summed E-state index contributed by atoms with van der Waals surface area (Å²) >= 11 is 5.82. The molecule has 1 unspecified atom stereocenters. The lowest BCUT2D eigenvalue weighted by molar-refractivity contribution is -0.142. The van der Waals surface area contributed by atoms with Crippen LogP contribution in [0.15, 0.2) is 51.3 Å². The van der Waals surface area contributed by atoms with Gasteiger partial charge in [-0.15, -0.1) is 5.11 Å². The van der Waals surface area contributed by atoms with Crippen molar-refractivity contribution in [2.24, 2.45) is 16.1 Å². The summed E-state index contributed by atoms with van der Waals surface area (Å²) in [7, 11) is 0. The number of amides is 1. The van der Waals surface area contributed by atoms with E-state index in [1.54, 1.807) is 6.07 Å². The second-order valence-corrected chi connectivity index (χ2v) is 7.31. The second-order valence-electron chi connectivity index (χ2n) is 6.87. The van der Waals surface area contributed by atoms with Gasteiger partial charge in [-0.1, -0.05) is 11.6 Å². The summed E-state index contributed by atoms with van der Waals surface area (Å²) in [4.78, 5) is 27.6. The molecule has 1 atom stereocenters. The first kappa shape index (κ1) is 24.0. The Bertz CT molecular complexity index is 1270. The molecule has 0 saturated carbocycles. The number of benzene rings is 1. The summed E-state index contributed by atoms with van der Waals surface area (Å²) < 4.78 is 73.3. The van der Waals surface area contributed by atoms with Gasteiger partial charge in [0.15, 0.2) is 5.69 Å². The lowest BCUT2D eigenvalue weighted by Gasteiger charge is -2.20. The standard InChI is InChI=1S/C19H11ClF5N5O3/c1-18(21,22)13-5-11(28-29-16(13)31)7-30-8-27-15(19(23,24)25)14(17(30)32)33-12-3-9(6-26)2-10(20)4-12/h2-5,8,13H,7H2,1H3. The molecule has 0 aliphatic carbocycles. The minimum atomic E-state index is -5.09. The lowest BCUT2D eigenvalue weighted by Crippen LogP contribution is -2.32. The summed E-state index contributed by atoms with van der Waals surface area (Å²) in [5.74, 6) is -8.21. The number of alkyl halides is 5. The molecule has 1 amide bonds. The first-order chi connectivity index (χ1) is 15.3. The number of halogens is 6. The molecule has 3 rings (SSSR count). The number of rotatable bonds is 5. The molecule has 2 heterocycles. The van der Waals surface area contributed by atoms with Crippen molar-refractivity contribution in [1.29, 1.82) is 5.26 Å². The van der Waals surface area contributed by atoms with Crippen LogP contribution < -0.4 is 10.3 Å². The second kappa shape index (κ2) is 8.70. The number of ether oxygens (including phenoxy) is 1. The Hall–Kier alpha value is -3.66. The van der Waals surface area contributed by atoms with E-state index in [1.165, 1.54) is 6.07 Å². The fraction of sp³-hybridized carbons (Fsp3) is 0.263. The van der Waals surface area contributed by atoms with Gasteiger partial charge in [-0.3, -0.25) is 14.2 Å². The zero-order valence-electron chi connectivity index (χ0n) is 16.4. The van der Waals surface area contributed by atoms with Crippen molar-refractivity contribution in [2.45, 2.75) is 25.6 Å². The molecule has 1 aromatic carbocycles. The van der Waals surface area contributed by atoms with Crippen molar-refractivity contribution >= 4 is 17.5 Å². The molecule has 14 heteroatoms. The highest BCUT2D eigenvalue weighted by Gasteiger charge is 2.41. The van der Waals surface area contributed by atoms with Gasteiger partial charge in [-0.2, -0.15) is 23.5 Å². The maximum absolute atomic E-state index is 13.6. The van der Waals surface area contributed by atoms with E-state index in [1.807, 2.05) is 0 Å². The summed E-state index contributed by atoms with van der Waals surface area (Å²) in [5, 5.41) is 15.5. The average Bonchev–Trinajstić information content (AvgIpc) is 2.70. The number of hydrogen-bond acceptors (Lipinski definition) is 6. The SMILES string of the molecule is CC(F)(F)C1C=C(Cn2cnc(C(F)(F)F)c(Oc3cc(Cl)cc(C#N)c3)c2=O)N=NC1=O. The molecule has 0 saturated heterocycles. The third-order valence-corrected chi connectivity index (χ3v) is 4.48. The maximum atomic E-state index is 13.6. The van der Waals surface area contributed by atoms with Gasteiger partial charge < -0.3 is 4.74 Å². The van der Waals surface area contributed by atoms with E-state index in [-0.39, 0.29) is 22.0 Å². The van der Waals surface area contributed by atoms with Gasteiger partial charge >= 0.3 is 6.18 Å². The van der Waals surface area contributed by atoms with E-state index in [2.05, 4.69) is 15.2 Å². The van der Waals surface area contributed by atoms with Crippen molar-refractivity contribution in [3.05, 3.63) is 62.9 Å². The van der Waals surface area contributed by atoms with Crippen LogP contribution in [0.2, 0.25) is 5.02 Å². The first-order valence-corrected chi connectivity index (χ1v) is 9.26. The summed E-state index contributed by atoms with van der Waals surface area (Å²) in [6, 6.07) is 5.09. The van der Waals surface area contributed by atoms with Crippen LogP contribution in [0, 0.1) is 17.2 Å². The van der Waals surface area contributed by atoms with Gasteiger partial charge in [0.1, 0.15) is 11.7 Å². The Morgan fingerprint density at radius 2 is 1.88 bits per heavy atom. The molecule has 0 spiro atoms. The number of allylic oxidation sites excluding steroid dienone is 1. The number of azo groups is 1. The number of carbonyl (C=O) groups excluding carboxylic acids is 1. The smallest absolute Gasteiger partial charge is 0.437 e. The zero-order valence-corrected chi connectivity index (χ0v) is 17.2. The van der Waals surface area contributed by atoms with E-state index < -0.39 is 47.5 Å². The molecule has 1 aliphatic rings. The Kier molecular flexibility index (Phi) is 6.33. The molecule has 0 fully saturated rings. The number of nitrogens with zero attached hydrogens (tertiary/aromatic N) is 5. The average molecular weight is 488 g/mol. The quantitative estimate of drug-likeness (QED) is 0.566. The van der Waals surface area contributed by atoms with Crippen molar-refractivity contribution in [3.63, 3.8) is 0 Å². The minimum Gasteiger partial charge on any atom is -0.449 e. The van der Waals surface area contributed by atoms with Crippen LogP contribution in [0.4, 0.5) is 22.0 Å². The predicted octanol–water partition coefficient (Wildman–Crippen LogP) is 4.73. The van der Waals surface area contributed by atoms with Gasteiger partial charge in [0.05, 0.1) is 30.2 Å². The Morgan fingerprint density at radius 3 is 2.48 bits per heavy atom. The summed E-state index contributed by atoms with van der Waals surface area (Å²) in [6.07, 6.45) is -3.78. The number of nitriles is 1. The number of hydrogen-bond donors (Lipinski definition) is 0. The molecule has 1 aliphatic heterocycles. The fourth-order valence-electron chi connectivity index (χ4n) is 2.78. The van der Waals surface area contributed by atoms with Crippen LogP contribution in [-0.4, -0.2) is 21.4 Å². The molecule has 0 radical (unpaired) electrons. The van der Waals surface area contributed by atoms with Crippen LogP contribution in [0.1, 0.15) is 18.2 Å². The van der Waals surface area contributed by atoms with Gasteiger partial charge in [-0.25, -0.2) is 13.8 Å². The van der Waals surface area contributed by atoms with E-state index in [0.29, 0.717) is 17.8 Å². The van der Waals surface area contributed by atoms with Crippen molar-refractivity contribution in [1.82, 2.24) is 9.55 Å². The van der Waals surface area contributed by atoms with E-state index in [9.17, 15) is 31.5 Å². The van der Waals surface area contributed by atoms with Gasteiger partial charge in [0.25, 0.3) is 17.4 Å². The number of carbonyl (C=O) groups is 1. The monoisotopic (exact) mass is 487 g/mol. The van der Waals surface area contributed by atoms with Crippen molar-refractivity contribution in [3.8, 4) is 17.6 Å². The summed E-state index contributed by atoms with van der Waals surface area (Å²) in [6.45, 7) is -0.133. The molecule has 0 N–H and O–H groups in total. The van der Waals surface area contributed by atoms with E-state index in [4.69, 9.17) is 21.6 Å². The van der Waals surface area contributed by atoms with Crippen LogP contribution in [-0.2, 0) is 17.5 Å². The molecular weight excluding hydrogens is 477 g/mol. The Balaban J connectivity index is 2.05. The van der Waals surface area contributed by atoms with E-state index in [0.717, 1.165) is 18.2 Å². The molecular formula is C19H11ClF5N5O3. The van der Waals surface area contributed by atoms with Gasteiger partial charge in [-0.05, 0) is 24.3 Å².